The summed E-state index contributed by atoms with van der Waals surface area (Å²) >= 11 is 0. The standard InChI is InChI=1S/C22H15NO2/c24-18-11-15-12-19(25)20(13-6-2-1-3-7-13)21(15)22-16(18)10-14-8-4-5-9-17(14)23-22/h1-10,15H,11-12H2. The summed E-state index contributed by atoms with van der Waals surface area (Å²) in [5.74, 6) is 0.155. The molecular formula is C22H15NO2. The van der Waals surface area contributed by atoms with Gasteiger partial charge in [0.15, 0.2) is 11.6 Å². The van der Waals surface area contributed by atoms with Crippen molar-refractivity contribution in [3.05, 3.63) is 77.5 Å². The van der Waals surface area contributed by atoms with Gasteiger partial charge in [0, 0.05) is 35.3 Å². The van der Waals surface area contributed by atoms with Gasteiger partial charge in [-0.15, -0.1) is 0 Å². The minimum absolute atomic E-state index is 0.0450. The number of nitrogens with zero attached hydrogens (tertiary/aromatic N) is 1. The molecule has 0 saturated carbocycles. The van der Waals surface area contributed by atoms with Gasteiger partial charge in [0.25, 0.3) is 0 Å². The zero-order chi connectivity index (χ0) is 17.0. The fourth-order valence-electron chi connectivity index (χ4n) is 4.06. The molecular weight excluding hydrogens is 310 g/mol. The summed E-state index contributed by atoms with van der Waals surface area (Å²) in [5.41, 5.74) is 4.81. The molecule has 3 nitrogen and oxygen atoms in total. The summed E-state index contributed by atoms with van der Waals surface area (Å²) in [7, 11) is 0. The Labute approximate surface area is 145 Å². The van der Waals surface area contributed by atoms with Crippen LogP contribution in [0.3, 0.4) is 0 Å². The zero-order valence-electron chi connectivity index (χ0n) is 13.5. The first-order chi connectivity index (χ1) is 12.2. The van der Waals surface area contributed by atoms with Crippen molar-refractivity contribution in [3.8, 4) is 0 Å². The molecule has 0 N–H and O–H groups in total. The van der Waals surface area contributed by atoms with Crippen molar-refractivity contribution in [2.45, 2.75) is 12.8 Å². The van der Waals surface area contributed by atoms with Crippen molar-refractivity contribution >= 4 is 33.6 Å². The van der Waals surface area contributed by atoms with Crippen LogP contribution in [-0.2, 0) is 4.79 Å². The topological polar surface area (TPSA) is 47.0 Å². The maximum atomic E-state index is 12.7. The van der Waals surface area contributed by atoms with E-state index < -0.39 is 0 Å². The van der Waals surface area contributed by atoms with Crippen LogP contribution < -0.4 is 0 Å². The molecule has 0 bridgehead atoms. The van der Waals surface area contributed by atoms with E-state index in [2.05, 4.69) is 0 Å². The molecule has 0 amide bonds. The molecule has 3 heteroatoms. The summed E-state index contributed by atoms with van der Waals surface area (Å²) < 4.78 is 0. The Morgan fingerprint density at radius 2 is 1.56 bits per heavy atom. The minimum atomic E-state index is -0.0450. The number of para-hydroxylation sites is 1. The Kier molecular flexibility index (Phi) is 2.98. The maximum absolute atomic E-state index is 12.7. The van der Waals surface area contributed by atoms with Crippen LogP contribution in [-0.4, -0.2) is 16.6 Å². The highest BCUT2D eigenvalue weighted by Gasteiger charge is 2.40. The van der Waals surface area contributed by atoms with Crippen LogP contribution in [0.25, 0.3) is 22.0 Å². The van der Waals surface area contributed by atoms with Crippen molar-refractivity contribution in [2.24, 2.45) is 5.92 Å². The first-order valence-corrected chi connectivity index (χ1v) is 8.48. The van der Waals surface area contributed by atoms with E-state index in [4.69, 9.17) is 4.98 Å². The van der Waals surface area contributed by atoms with Crippen molar-refractivity contribution < 1.29 is 9.59 Å². The molecule has 5 rings (SSSR count). The lowest BCUT2D eigenvalue weighted by Crippen LogP contribution is -2.18. The van der Waals surface area contributed by atoms with Gasteiger partial charge in [-0.25, -0.2) is 4.98 Å². The Hall–Kier alpha value is -3.07. The number of ketones is 2. The fourth-order valence-corrected chi connectivity index (χ4v) is 4.06. The average molecular weight is 325 g/mol. The highest BCUT2D eigenvalue weighted by molar-refractivity contribution is 6.33. The Balaban J connectivity index is 1.85. The van der Waals surface area contributed by atoms with Crippen molar-refractivity contribution in [1.29, 1.82) is 0 Å². The monoisotopic (exact) mass is 325 g/mol. The highest BCUT2D eigenvalue weighted by Crippen LogP contribution is 2.47. The second-order valence-electron chi connectivity index (χ2n) is 6.68. The molecule has 0 spiro atoms. The van der Waals surface area contributed by atoms with Crippen LogP contribution in [0.1, 0.15) is 34.5 Å². The molecule has 1 unspecified atom stereocenters. The lowest BCUT2D eigenvalue weighted by molar-refractivity contribution is -0.113. The van der Waals surface area contributed by atoms with Crippen LogP contribution in [0.15, 0.2) is 60.7 Å². The van der Waals surface area contributed by atoms with Crippen molar-refractivity contribution in [1.82, 2.24) is 4.98 Å². The van der Waals surface area contributed by atoms with Gasteiger partial charge in [-0.3, -0.25) is 9.59 Å². The van der Waals surface area contributed by atoms with Gasteiger partial charge in [-0.1, -0.05) is 48.5 Å². The van der Waals surface area contributed by atoms with Gasteiger partial charge >= 0.3 is 0 Å². The third kappa shape index (κ3) is 2.09. The number of carbonyl (C=O) groups excluding carboxylic acids is 2. The van der Waals surface area contributed by atoms with Crippen LogP contribution in [0, 0.1) is 5.92 Å². The third-order valence-electron chi connectivity index (χ3n) is 5.16. The average Bonchev–Trinajstić information content (AvgIpc) is 2.97. The van der Waals surface area contributed by atoms with Crippen LogP contribution in [0.4, 0.5) is 0 Å². The number of Topliss-reactive ketones (excluding diaryl/α,β-unsaturated/α-hetero) is 2. The third-order valence-corrected chi connectivity index (χ3v) is 5.16. The Morgan fingerprint density at radius 3 is 2.40 bits per heavy atom. The number of fused-ring (bicyclic) bond motifs is 4. The van der Waals surface area contributed by atoms with E-state index in [1.165, 1.54) is 0 Å². The molecule has 2 aliphatic rings. The largest absolute Gasteiger partial charge is 0.294 e. The van der Waals surface area contributed by atoms with Gasteiger partial charge in [0.2, 0.25) is 0 Å². The number of pyridine rings is 1. The highest BCUT2D eigenvalue weighted by atomic mass is 16.1. The maximum Gasteiger partial charge on any atom is 0.165 e. The first-order valence-electron chi connectivity index (χ1n) is 8.48. The Morgan fingerprint density at radius 1 is 0.840 bits per heavy atom. The SMILES string of the molecule is O=C1CC2CC(=O)c3cc4ccccc4nc3C2=C1c1ccccc1. The predicted octanol–water partition coefficient (Wildman–Crippen LogP) is 4.32. The van der Waals surface area contributed by atoms with Crippen molar-refractivity contribution in [2.75, 3.05) is 0 Å². The molecule has 1 aromatic heterocycles. The van der Waals surface area contributed by atoms with Gasteiger partial charge in [-0.2, -0.15) is 0 Å². The molecule has 0 aliphatic heterocycles. The summed E-state index contributed by atoms with van der Waals surface area (Å²) in [6, 6.07) is 19.5. The first kappa shape index (κ1) is 14.3. The molecule has 3 aromatic rings. The van der Waals surface area contributed by atoms with Crippen LogP contribution in [0.5, 0.6) is 0 Å². The Bertz CT molecular complexity index is 1080. The van der Waals surface area contributed by atoms with Crippen LogP contribution in [0.2, 0.25) is 0 Å². The van der Waals surface area contributed by atoms with Gasteiger partial charge in [0.05, 0.1) is 11.2 Å². The smallest absolute Gasteiger partial charge is 0.165 e. The number of hydrogen-bond acceptors (Lipinski definition) is 3. The number of carbonyl (C=O) groups is 2. The van der Waals surface area contributed by atoms with E-state index in [9.17, 15) is 9.59 Å². The molecule has 1 heterocycles. The van der Waals surface area contributed by atoms with E-state index in [0.717, 1.165) is 27.6 Å². The van der Waals surface area contributed by atoms with E-state index in [-0.39, 0.29) is 17.5 Å². The number of aromatic nitrogens is 1. The van der Waals surface area contributed by atoms with Gasteiger partial charge in [-0.05, 0) is 23.3 Å². The molecule has 25 heavy (non-hydrogen) atoms. The number of rotatable bonds is 1. The van der Waals surface area contributed by atoms with Crippen molar-refractivity contribution in [3.63, 3.8) is 0 Å². The second-order valence-corrected chi connectivity index (χ2v) is 6.68. The lowest BCUT2D eigenvalue weighted by atomic mass is 9.81. The summed E-state index contributed by atoms with van der Waals surface area (Å²) in [6.45, 7) is 0. The molecule has 120 valence electrons. The normalized spacial score (nSPS) is 19.3. The van der Waals surface area contributed by atoms with E-state index in [1.54, 1.807) is 0 Å². The molecule has 0 radical (unpaired) electrons. The summed E-state index contributed by atoms with van der Waals surface area (Å²) in [6.07, 6.45) is 0.795. The summed E-state index contributed by atoms with van der Waals surface area (Å²) in [5, 5.41) is 0.958. The molecule has 2 aromatic carbocycles. The lowest BCUT2D eigenvalue weighted by Gasteiger charge is -2.23. The quantitative estimate of drug-likeness (QED) is 0.669. The molecule has 0 saturated heterocycles. The van der Waals surface area contributed by atoms with E-state index in [1.807, 2.05) is 60.7 Å². The number of benzene rings is 2. The van der Waals surface area contributed by atoms with E-state index >= 15 is 0 Å². The molecule has 0 fully saturated rings. The van der Waals surface area contributed by atoms with Crippen LogP contribution >= 0.6 is 0 Å². The van der Waals surface area contributed by atoms with E-state index in [0.29, 0.717) is 24.1 Å². The second kappa shape index (κ2) is 5.21. The van der Waals surface area contributed by atoms with Gasteiger partial charge in [0.1, 0.15) is 0 Å². The number of hydrogen-bond donors (Lipinski definition) is 0. The molecule has 2 aliphatic carbocycles. The zero-order valence-corrected chi connectivity index (χ0v) is 13.5. The minimum Gasteiger partial charge on any atom is -0.294 e. The predicted molar refractivity (Wildman–Crippen MR) is 97.1 cm³/mol. The summed E-state index contributed by atoms with van der Waals surface area (Å²) in [4.78, 5) is 30.2. The fraction of sp³-hybridized carbons (Fsp3) is 0.136. The number of allylic oxidation sites excluding steroid dienone is 2. The van der Waals surface area contributed by atoms with Gasteiger partial charge < -0.3 is 0 Å². The molecule has 1 atom stereocenters.